The summed E-state index contributed by atoms with van der Waals surface area (Å²) in [6.07, 6.45) is 5.93. The third-order valence-corrected chi connectivity index (χ3v) is 7.15. The third-order valence-electron chi connectivity index (χ3n) is 7.15. The van der Waals surface area contributed by atoms with Crippen LogP contribution in [0, 0.1) is 31.6 Å². The predicted molar refractivity (Wildman–Crippen MR) is 133 cm³/mol. The monoisotopic (exact) mass is 475 g/mol. The number of aryl methyl sites for hydroxylation is 2. The summed E-state index contributed by atoms with van der Waals surface area (Å²) in [7, 11) is 0. The molecule has 5 rings (SSSR count). The van der Waals surface area contributed by atoms with E-state index in [9.17, 15) is 9.59 Å². The molecule has 2 aliphatic carbocycles. The highest BCUT2D eigenvalue weighted by Crippen LogP contribution is 2.51. The highest BCUT2D eigenvalue weighted by molar-refractivity contribution is 6.00. The summed E-state index contributed by atoms with van der Waals surface area (Å²) in [5.74, 6) is 0.644. The van der Waals surface area contributed by atoms with Gasteiger partial charge in [-0.3, -0.25) is 14.7 Å². The first-order valence-corrected chi connectivity index (χ1v) is 12.5. The molecule has 2 saturated carbocycles. The maximum atomic E-state index is 13.6. The molecule has 3 aromatic rings. The van der Waals surface area contributed by atoms with Crippen LogP contribution in [-0.4, -0.2) is 43.0 Å². The van der Waals surface area contributed by atoms with Crippen molar-refractivity contribution in [1.82, 2.24) is 30.5 Å². The number of aromatic nitrogens is 5. The molecule has 9 heteroatoms. The van der Waals surface area contributed by atoms with E-state index in [1.165, 1.54) is 6.20 Å². The minimum Gasteiger partial charge on any atom is -0.339 e. The number of H-pyrrole nitrogens is 1. The minimum absolute atomic E-state index is 0.00537. The van der Waals surface area contributed by atoms with Gasteiger partial charge in [0.1, 0.15) is 11.7 Å². The number of nitrogens with zero attached hydrogens (tertiary/aromatic N) is 4. The largest absolute Gasteiger partial charge is 0.339 e. The number of carbonyl (C=O) groups excluding carboxylic acids is 2. The van der Waals surface area contributed by atoms with Crippen molar-refractivity contribution in [2.75, 3.05) is 5.32 Å². The Morgan fingerprint density at radius 2 is 1.71 bits per heavy atom. The predicted octanol–water partition coefficient (Wildman–Crippen LogP) is 4.04. The molecule has 35 heavy (non-hydrogen) atoms. The average molecular weight is 476 g/mol. The lowest BCUT2D eigenvalue weighted by molar-refractivity contribution is -0.119. The zero-order valence-electron chi connectivity index (χ0n) is 20.7. The van der Waals surface area contributed by atoms with E-state index in [1.807, 2.05) is 52.0 Å². The van der Waals surface area contributed by atoms with Crippen LogP contribution in [0.5, 0.6) is 0 Å². The van der Waals surface area contributed by atoms with E-state index in [2.05, 4.69) is 31.1 Å². The number of rotatable bonds is 9. The molecule has 0 radical (unpaired) electrons. The number of nitrogens with one attached hydrogen (secondary N) is 3. The van der Waals surface area contributed by atoms with Gasteiger partial charge in [-0.1, -0.05) is 17.3 Å². The fourth-order valence-corrected chi connectivity index (χ4v) is 5.15. The lowest BCUT2D eigenvalue weighted by Crippen LogP contribution is -2.50. The molecule has 0 bridgehead atoms. The van der Waals surface area contributed by atoms with Crippen LogP contribution in [0.3, 0.4) is 0 Å². The summed E-state index contributed by atoms with van der Waals surface area (Å²) in [4.78, 5) is 26.8. The first-order valence-electron chi connectivity index (χ1n) is 12.5. The first-order chi connectivity index (χ1) is 16.8. The molecule has 0 spiro atoms. The van der Waals surface area contributed by atoms with Gasteiger partial charge >= 0.3 is 0 Å². The molecule has 0 saturated heterocycles. The Kier molecular flexibility index (Phi) is 6.17. The lowest BCUT2D eigenvalue weighted by Gasteiger charge is -2.27. The summed E-state index contributed by atoms with van der Waals surface area (Å²) in [6, 6.07) is 7.17. The highest BCUT2D eigenvalue weighted by Gasteiger charge is 2.48. The van der Waals surface area contributed by atoms with Gasteiger partial charge in [-0.2, -0.15) is 5.10 Å². The van der Waals surface area contributed by atoms with Crippen molar-refractivity contribution in [3.63, 3.8) is 0 Å². The van der Waals surface area contributed by atoms with Crippen LogP contribution in [0.4, 0.5) is 5.69 Å². The number of anilines is 1. The zero-order chi connectivity index (χ0) is 24.7. The normalized spacial score (nSPS) is 16.5. The Morgan fingerprint density at radius 3 is 2.26 bits per heavy atom. The second kappa shape index (κ2) is 9.28. The topological polar surface area (TPSA) is 118 Å². The van der Waals surface area contributed by atoms with Crippen LogP contribution >= 0.6 is 0 Å². The number of carbonyl (C=O) groups is 2. The Balaban J connectivity index is 1.36. The van der Waals surface area contributed by atoms with Crippen molar-refractivity contribution in [2.24, 2.45) is 17.8 Å². The first kappa shape index (κ1) is 23.3. The fraction of sp³-hybridized carbons (Fsp3) is 0.500. The van der Waals surface area contributed by atoms with Crippen molar-refractivity contribution in [3.05, 3.63) is 47.5 Å². The van der Waals surface area contributed by atoms with E-state index in [1.54, 1.807) is 4.68 Å². The van der Waals surface area contributed by atoms with Gasteiger partial charge in [0.2, 0.25) is 5.91 Å². The van der Waals surface area contributed by atoms with Gasteiger partial charge in [0.05, 0.1) is 11.9 Å². The molecule has 2 heterocycles. The molecule has 3 N–H and O–H groups in total. The molecule has 1 atom stereocenters. The lowest BCUT2D eigenvalue weighted by atomic mass is 9.88. The van der Waals surface area contributed by atoms with Crippen molar-refractivity contribution in [1.29, 1.82) is 0 Å². The molecule has 1 aromatic carbocycles. The molecule has 0 unspecified atom stereocenters. The zero-order valence-corrected chi connectivity index (χ0v) is 20.7. The standard InChI is InChI=1S/C26H33N7O2/c1-14(2)33-21(13-27-32-33)25(34)29-24(23(18-5-6-18)19-7-8-19)26(35)28-20-11-9-17(10-12-20)22-15(3)30-31-16(22)4/h9-14,18-19,23-24H,5-8H2,1-4H3,(H,28,35)(H,29,34)(H,30,31)/t24-/m0/s1. The number of benzene rings is 1. The molecule has 0 aliphatic heterocycles. The van der Waals surface area contributed by atoms with Gasteiger partial charge in [-0.25, -0.2) is 4.68 Å². The van der Waals surface area contributed by atoms with Crippen molar-refractivity contribution < 1.29 is 9.59 Å². The minimum atomic E-state index is -0.601. The van der Waals surface area contributed by atoms with Gasteiger partial charge in [0.15, 0.2) is 0 Å². The summed E-state index contributed by atoms with van der Waals surface area (Å²) < 4.78 is 1.59. The van der Waals surface area contributed by atoms with Gasteiger partial charge < -0.3 is 10.6 Å². The molecular weight excluding hydrogens is 442 g/mol. The average Bonchev–Trinajstić information content (AvgIpc) is 3.76. The maximum Gasteiger partial charge on any atom is 0.271 e. The number of hydrogen-bond acceptors (Lipinski definition) is 5. The van der Waals surface area contributed by atoms with Gasteiger partial charge in [-0.05, 0) is 88.8 Å². The van der Waals surface area contributed by atoms with Crippen LogP contribution < -0.4 is 10.6 Å². The Morgan fingerprint density at radius 1 is 1.06 bits per heavy atom. The van der Waals surface area contributed by atoms with Crippen LogP contribution in [0.25, 0.3) is 11.1 Å². The molecular formula is C26H33N7O2. The summed E-state index contributed by atoms with van der Waals surface area (Å²) >= 11 is 0. The van der Waals surface area contributed by atoms with Crippen molar-refractivity contribution in [2.45, 2.75) is 65.5 Å². The van der Waals surface area contributed by atoms with E-state index in [4.69, 9.17) is 0 Å². The number of aromatic amines is 1. The number of amides is 2. The Bertz CT molecular complexity index is 1190. The molecule has 2 aliphatic rings. The Labute approximate surface area is 205 Å². The van der Waals surface area contributed by atoms with E-state index in [0.29, 0.717) is 23.2 Å². The second-order valence-electron chi connectivity index (χ2n) is 10.2. The molecule has 9 nitrogen and oxygen atoms in total. The summed E-state index contributed by atoms with van der Waals surface area (Å²) in [5, 5.41) is 21.4. The van der Waals surface area contributed by atoms with E-state index in [-0.39, 0.29) is 23.8 Å². The molecule has 2 aromatic heterocycles. The fourth-order valence-electron chi connectivity index (χ4n) is 5.15. The molecule has 2 fully saturated rings. The van der Waals surface area contributed by atoms with Crippen LogP contribution in [0.15, 0.2) is 30.5 Å². The van der Waals surface area contributed by atoms with E-state index >= 15 is 0 Å². The van der Waals surface area contributed by atoms with Crippen LogP contribution in [-0.2, 0) is 4.79 Å². The van der Waals surface area contributed by atoms with Crippen molar-refractivity contribution >= 4 is 17.5 Å². The van der Waals surface area contributed by atoms with E-state index < -0.39 is 6.04 Å². The molecule has 184 valence electrons. The highest BCUT2D eigenvalue weighted by atomic mass is 16.2. The van der Waals surface area contributed by atoms with Gasteiger partial charge in [0, 0.05) is 23.0 Å². The van der Waals surface area contributed by atoms with Crippen LogP contribution in [0.1, 0.15) is 67.4 Å². The summed E-state index contributed by atoms with van der Waals surface area (Å²) in [6.45, 7) is 7.86. The number of hydrogen-bond donors (Lipinski definition) is 3. The maximum absolute atomic E-state index is 13.6. The quantitative estimate of drug-likeness (QED) is 0.432. The SMILES string of the molecule is Cc1n[nH]c(C)c1-c1ccc(NC(=O)[C@@H](NC(=O)c2cnnn2C(C)C)C(C2CC2)C2CC2)cc1. The summed E-state index contributed by atoms with van der Waals surface area (Å²) in [5.41, 5.74) is 5.14. The van der Waals surface area contributed by atoms with E-state index in [0.717, 1.165) is 48.2 Å². The third kappa shape index (κ3) is 4.85. The molecule has 2 amide bonds. The van der Waals surface area contributed by atoms with Gasteiger partial charge in [-0.15, -0.1) is 5.10 Å². The second-order valence-corrected chi connectivity index (χ2v) is 10.2. The Hall–Kier alpha value is -3.49. The van der Waals surface area contributed by atoms with Crippen molar-refractivity contribution in [3.8, 4) is 11.1 Å². The van der Waals surface area contributed by atoms with Crippen LogP contribution in [0.2, 0.25) is 0 Å². The van der Waals surface area contributed by atoms with Gasteiger partial charge in [0.25, 0.3) is 5.91 Å². The smallest absolute Gasteiger partial charge is 0.271 e.